The number of aliphatic hydroxyl groups is 12. The molecule has 7 fully saturated rings. The number of rotatable bonds is 13. The van der Waals surface area contributed by atoms with Gasteiger partial charge >= 0.3 is 0 Å². The highest BCUT2D eigenvalue weighted by molar-refractivity contribution is 5.20. The van der Waals surface area contributed by atoms with Crippen LogP contribution in [0.25, 0.3) is 0 Å². The zero-order chi connectivity index (χ0) is 48.6. The first kappa shape index (κ1) is 52.8. The van der Waals surface area contributed by atoms with Gasteiger partial charge in [-0.1, -0.05) is 46.3 Å². The molecular formula is C48H82O18. The molecule has 0 aromatic heterocycles. The van der Waals surface area contributed by atoms with Gasteiger partial charge in [-0.25, -0.2) is 0 Å². The van der Waals surface area contributed by atoms with E-state index in [-0.39, 0.29) is 39.9 Å². The SMILES string of the molecule is CC(C)=CCC[C@](C)(O[C@@H]1O[C@H](CO)[C@@H](O)[C@H](O)[C@H]1O)[C@H]1CC[C@]2(C)[C@@H]1[C@H](O)C[C@@H]1[C@@]3(C)CC[C@H](O[C@@H]4O[C@H](CO[C@@H]5O[C@H](CO)[C@@H](O)[C@H](O)[C@H]5O)[C@@H](O)[C@H](O)[C@H]4O)C(C)(C)[C@@H]3CC[C@]12C. The van der Waals surface area contributed by atoms with E-state index in [0.717, 1.165) is 37.7 Å². The van der Waals surface area contributed by atoms with Gasteiger partial charge < -0.3 is 89.7 Å². The highest BCUT2D eigenvalue weighted by Crippen LogP contribution is 2.76. The summed E-state index contributed by atoms with van der Waals surface area (Å²) in [6, 6.07) is 0. The van der Waals surface area contributed by atoms with Crippen LogP contribution in [0.3, 0.4) is 0 Å². The molecule has 0 aromatic rings. The summed E-state index contributed by atoms with van der Waals surface area (Å²) in [5.74, 6) is -0.0736. The maximum Gasteiger partial charge on any atom is 0.187 e. The van der Waals surface area contributed by atoms with Gasteiger partial charge in [0.15, 0.2) is 18.9 Å². The van der Waals surface area contributed by atoms with E-state index in [2.05, 4.69) is 40.7 Å². The van der Waals surface area contributed by atoms with Crippen LogP contribution in [0.2, 0.25) is 0 Å². The van der Waals surface area contributed by atoms with Crippen LogP contribution in [-0.4, -0.2) is 191 Å². The van der Waals surface area contributed by atoms with Crippen LogP contribution in [0.1, 0.15) is 113 Å². The Bertz CT molecular complexity index is 1680. The first-order chi connectivity index (χ1) is 30.8. The highest BCUT2D eigenvalue weighted by Gasteiger charge is 2.72. The predicted octanol–water partition coefficient (Wildman–Crippen LogP) is -0.0268. The Morgan fingerprint density at radius 3 is 1.74 bits per heavy atom. The van der Waals surface area contributed by atoms with Crippen molar-refractivity contribution in [2.24, 2.45) is 45.3 Å². The van der Waals surface area contributed by atoms with Gasteiger partial charge in [0.05, 0.1) is 37.6 Å². The van der Waals surface area contributed by atoms with E-state index in [9.17, 15) is 61.3 Å². The van der Waals surface area contributed by atoms with Crippen molar-refractivity contribution in [2.45, 2.75) is 223 Å². The lowest BCUT2D eigenvalue weighted by Crippen LogP contribution is -2.67. The zero-order valence-corrected chi connectivity index (χ0v) is 40.0. The second-order valence-corrected chi connectivity index (χ2v) is 22.9. The van der Waals surface area contributed by atoms with Gasteiger partial charge in [0.1, 0.15) is 73.2 Å². The third-order valence-corrected chi connectivity index (χ3v) is 18.8. The van der Waals surface area contributed by atoms with Crippen LogP contribution in [-0.2, 0) is 28.4 Å². The van der Waals surface area contributed by atoms with Crippen LogP contribution >= 0.6 is 0 Å². The van der Waals surface area contributed by atoms with Gasteiger partial charge in [0.25, 0.3) is 0 Å². The summed E-state index contributed by atoms with van der Waals surface area (Å²) >= 11 is 0. The summed E-state index contributed by atoms with van der Waals surface area (Å²) in [7, 11) is 0. The van der Waals surface area contributed by atoms with Gasteiger partial charge in [0, 0.05) is 0 Å². The molecule has 0 bridgehead atoms. The van der Waals surface area contributed by atoms with Crippen molar-refractivity contribution >= 4 is 0 Å². The van der Waals surface area contributed by atoms with E-state index >= 15 is 0 Å². The Balaban J connectivity index is 1.08. The molecule has 25 atom stereocenters. The Labute approximate surface area is 388 Å². The molecule has 7 rings (SSSR count). The maximum atomic E-state index is 12.6. The number of hydrogen-bond donors (Lipinski definition) is 12. The zero-order valence-electron chi connectivity index (χ0n) is 40.0. The van der Waals surface area contributed by atoms with Crippen LogP contribution in [0.5, 0.6) is 0 Å². The second-order valence-electron chi connectivity index (χ2n) is 22.9. The maximum absolute atomic E-state index is 12.6. The van der Waals surface area contributed by atoms with Crippen molar-refractivity contribution in [3.05, 3.63) is 11.6 Å². The normalized spacial score (nSPS) is 52.4. The minimum atomic E-state index is -1.69. The minimum Gasteiger partial charge on any atom is -0.394 e. The molecule has 0 amide bonds. The molecule has 4 saturated carbocycles. The summed E-state index contributed by atoms with van der Waals surface area (Å²) in [5.41, 5.74) is -1.000. The predicted molar refractivity (Wildman–Crippen MR) is 234 cm³/mol. The molecule has 4 aliphatic carbocycles. The molecule has 0 aromatic carbocycles. The highest BCUT2D eigenvalue weighted by atomic mass is 16.7. The molecule has 12 N–H and O–H groups in total. The number of fused-ring (bicyclic) bond motifs is 5. The molecule has 3 aliphatic heterocycles. The molecule has 66 heavy (non-hydrogen) atoms. The average molecular weight is 947 g/mol. The van der Waals surface area contributed by atoms with Crippen molar-refractivity contribution in [1.29, 1.82) is 0 Å². The number of allylic oxidation sites excluding steroid dienone is 2. The van der Waals surface area contributed by atoms with Crippen molar-refractivity contribution < 1.29 is 89.7 Å². The quantitative estimate of drug-likeness (QED) is 0.0853. The molecule has 0 unspecified atom stereocenters. The lowest BCUT2D eigenvalue weighted by molar-refractivity contribution is -0.347. The van der Waals surface area contributed by atoms with Gasteiger partial charge in [-0.2, -0.15) is 0 Å². The second kappa shape index (κ2) is 19.6. The Hall–Kier alpha value is -0.980. The Morgan fingerprint density at radius 2 is 1.15 bits per heavy atom. The van der Waals surface area contributed by atoms with E-state index in [1.807, 2.05) is 20.8 Å². The fraction of sp³-hybridized carbons (Fsp3) is 0.958. The molecular weight excluding hydrogens is 865 g/mol. The number of hydrogen-bond acceptors (Lipinski definition) is 18. The fourth-order valence-electron chi connectivity index (χ4n) is 14.8. The van der Waals surface area contributed by atoms with Crippen molar-refractivity contribution in [2.75, 3.05) is 19.8 Å². The van der Waals surface area contributed by atoms with Crippen molar-refractivity contribution in [3.63, 3.8) is 0 Å². The van der Waals surface area contributed by atoms with Crippen LogP contribution in [0.15, 0.2) is 11.6 Å². The largest absolute Gasteiger partial charge is 0.394 e. The van der Waals surface area contributed by atoms with E-state index in [1.165, 1.54) is 0 Å². The van der Waals surface area contributed by atoms with Crippen molar-refractivity contribution in [3.8, 4) is 0 Å². The number of aliphatic hydroxyl groups excluding tert-OH is 12. The molecule has 3 heterocycles. The summed E-state index contributed by atoms with van der Waals surface area (Å²) in [5, 5.41) is 128. The minimum absolute atomic E-state index is 0.122. The van der Waals surface area contributed by atoms with Crippen LogP contribution in [0.4, 0.5) is 0 Å². The monoisotopic (exact) mass is 947 g/mol. The van der Waals surface area contributed by atoms with Crippen LogP contribution < -0.4 is 0 Å². The Morgan fingerprint density at radius 1 is 0.621 bits per heavy atom. The lowest BCUT2D eigenvalue weighted by Gasteiger charge is -2.71. The summed E-state index contributed by atoms with van der Waals surface area (Å²) in [4.78, 5) is 0. The van der Waals surface area contributed by atoms with Gasteiger partial charge in [-0.05, 0) is 124 Å². The molecule has 0 radical (unpaired) electrons. The van der Waals surface area contributed by atoms with Gasteiger partial charge in [0.2, 0.25) is 0 Å². The number of ether oxygens (including phenoxy) is 6. The summed E-state index contributed by atoms with van der Waals surface area (Å²) in [6.07, 6.45) is -14.8. The lowest BCUT2D eigenvalue weighted by atomic mass is 9.35. The summed E-state index contributed by atoms with van der Waals surface area (Å²) in [6.45, 7) is 15.8. The van der Waals surface area contributed by atoms with E-state index in [1.54, 1.807) is 0 Å². The van der Waals surface area contributed by atoms with E-state index in [4.69, 9.17) is 28.4 Å². The Kier molecular flexibility index (Phi) is 15.7. The molecule has 18 heteroatoms. The van der Waals surface area contributed by atoms with Gasteiger partial charge in [-0.15, -0.1) is 0 Å². The molecule has 7 aliphatic rings. The van der Waals surface area contributed by atoms with E-state index < -0.39 is 135 Å². The molecule has 18 nitrogen and oxygen atoms in total. The van der Waals surface area contributed by atoms with Gasteiger partial charge in [-0.3, -0.25) is 0 Å². The van der Waals surface area contributed by atoms with Crippen molar-refractivity contribution in [1.82, 2.24) is 0 Å². The smallest absolute Gasteiger partial charge is 0.187 e. The first-order valence-electron chi connectivity index (χ1n) is 24.4. The third kappa shape index (κ3) is 8.90. The molecule has 382 valence electrons. The fourth-order valence-corrected chi connectivity index (χ4v) is 14.8. The average Bonchev–Trinajstić information content (AvgIpc) is 3.65. The standard InChI is InChI=1S/C48H82O18/c1-22(2)10-9-14-48(8,66-43-40(60)36(56)33(53)26(20-50)63-43)23-11-16-47(7)31(23)24(51)18-29-45(5)15-13-30(44(3,4)28(45)12-17-46(29,47)6)65-42-39(59)37(57)34(54)27(64-42)21-61-41-38(58)35(55)32(52)25(19-49)62-41/h10,23-43,49-60H,9,11-21H2,1-8H3/t23-,24+,25+,26+,27+,28-,29+,30-,31-,32+,33+,34+,35-,36-,37-,38+,39+,40+,41+,42-,43-,45-,46+,47+,48-/m0/s1. The first-order valence-corrected chi connectivity index (χ1v) is 24.4. The van der Waals surface area contributed by atoms with E-state index in [0.29, 0.717) is 25.7 Å². The molecule has 3 saturated heterocycles. The third-order valence-electron chi connectivity index (χ3n) is 18.8. The molecule has 0 spiro atoms. The summed E-state index contributed by atoms with van der Waals surface area (Å²) < 4.78 is 36.5. The van der Waals surface area contributed by atoms with Crippen LogP contribution in [0, 0.1) is 45.3 Å². The topological polar surface area (TPSA) is 298 Å².